The number of hydrogen-bond donors (Lipinski definition) is 2. The number of hydrogen-bond acceptors (Lipinski definition) is 5. The molecule has 0 aromatic carbocycles. The van der Waals surface area contributed by atoms with Crippen LogP contribution in [-0.2, 0) is 0 Å². The first kappa shape index (κ1) is 14.0. The summed E-state index contributed by atoms with van der Waals surface area (Å²) in [5.74, 6) is 3.57. The van der Waals surface area contributed by atoms with Crippen LogP contribution in [0.1, 0.15) is 50.8 Å². The quantitative estimate of drug-likeness (QED) is 0.768. The zero-order valence-corrected chi connectivity index (χ0v) is 13.2. The molecule has 3 rings (SSSR count). The van der Waals surface area contributed by atoms with Gasteiger partial charge in [0.05, 0.1) is 0 Å². The van der Waals surface area contributed by atoms with Crippen LogP contribution in [0, 0.1) is 0 Å². The number of rotatable bonds is 8. The van der Waals surface area contributed by atoms with Gasteiger partial charge in [-0.15, -0.1) is 0 Å². The predicted molar refractivity (Wildman–Crippen MR) is 86.8 cm³/mol. The molecule has 1 aromatic rings. The van der Waals surface area contributed by atoms with Crippen molar-refractivity contribution < 1.29 is 0 Å². The molecule has 110 valence electrons. The van der Waals surface area contributed by atoms with Gasteiger partial charge in [0.25, 0.3) is 0 Å². The monoisotopic (exact) mass is 292 g/mol. The highest BCUT2D eigenvalue weighted by atomic mass is 32.2. The molecule has 2 aliphatic carbocycles. The van der Waals surface area contributed by atoms with Crippen molar-refractivity contribution in [3.05, 3.63) is 11.9 Å². The van der Waals surface area contributed by atoms with Crippen LogP contribution < -0.4 is 10.6 Å². The van der Waals surface area contributed by atoms with Crippen LogP contribution in [0.4, 0.5) is 11.6 Å². The molecule has 0 spiro atoms. The zero-order valence-electron chi connectivity index (χ0n) is 12.4. The van der Waals surface area contributed by atoms with Crippen molar-refractivity contribution >= 4 is 23.4 Å². The van der Waals surface area contributed by atoms with E-state index in [4.69, 9.17) is 4.98 Å². The molecular formula is C15H24N4S. The summed E-state index contributed by atoms with van der Waals surface area (Å²) in [6.45, 7) is 4.16. The van der Waals surface area contributed by atoms with Crippen LogP contribution in [0.2, 0.25) is 0 Å². The van der Waals surface area contributed by atoms with E-state index >= 15 is 0 Å². The van der Waals surface area contributed by atoms with Gasteiger partial charge < -0.3 is 10.6 Å². The normalized spacial score (nSPS) is 19.7. The molecule has 0 atom stereocenters. The van der Waals surface area contributed by atoms with Crippen LogP contribution in [0.15, 0.2) is 6.07 Å². The molecule has 1 heterocycles. The minimum Gasteiger partial charge on any atom is -0.370 e. The maximum Gasteiger partial charge on any atom is 0.136 e. The van der Waals surface area contributed by atoms with E-state index in [0.29, 0.717) is 10.7 Å². The second-order valence-electron chi connectivity index (χ2n) is 5.94. The SMILES string of the molecule is CCCNc1cc(NCC2(SC)CC2)nc(C2CC2)n1. The highest BCUT2D eigenvalue weighted by Crippen LogP contribution is 2.47. The van der Waals surface area contributed by atoms with Gasteiger partial charge in [-0.3, -0.25) is 0 Å². The van der Waals surface area contributed by atoms with Gasteiger partial charge in [0.15, 0.2) is 0 Å². The lowest BCUT2D eigenvalue weighted by molar-refractivity contribution is 0.890. The van der Waals surface area contributed by atoms with E-state index in [0.717, 1.165) is 37.0 Å². The summed E-state index contributed by atoms with van der Waals surface area (Å²) in [6.07, 6.45) is 8.45. The Balaban J connectivity index is 1.69. The number of aromatic nitrogens is 2. The van der Waals surface area contributed by atoms with Gasteiger partial charge in [-0.2, -0.15) is 11.8 Å². The lowest BCUT2D eigenvalue weighted by Gasteiger charge is -2.15. The summed E-state index contributed by atoms with van der Waals surface area (Å²) in [6, 6.07) is 2.05. The van der Waals surface area contributed by atoms with E-state index in [1.54, 1.807) is 0 Å². The van der Waals surface area contributed by atoms with E-state index in [9.17, 15) is 0 Å². The summed E-state index contributed by atoms with van der Waals surface area (Å²) in [5, 5.41) is 6.91. The first-order chi connectivity index (χ1) is 9.74. The topological polar surface area (TPSA) is 49.8 Å². The number of thioether (sulfide) groups is 1. The molecule has 2 aliphatic rings. The van der Waals surface area contributed by atoms with Gasteiger partial charge in [0.2, 0.25) is 0 Å². The Morgan fingerprint density at radius 3 is 2.50 bits per heavy atom. The fourth-order valence-electron chi connectivity index (χ4n) is 2.27. The molecular weight excluding hydrogens is 268 g/mol. The fourth-order valence-corrected chi connectivity index (χ4v) is 3.00. The van der Waals surface area contributed by atoms with Crippen molar-refractivity contribution in [2.24, 2.45) is 0 Å². The average Bonchev–Trinajstić information content (AvgIpc) is 3.37. The summed E-state index contributed by atoms with van der Waals surface area (Å²) < 4.78 is 0.460. The summed E-state index contributed by atoms with van der Waals surface area (Å²) >= 11 is 1.98. The third-order valence-electron chi connectivity index (χ3n) is 4.07. The van der Waals surface area contributed by atoms with Crippen LogP contribution in [0.25, 0.3) is 0 Å². The lowest BCUT2D eigenvalue weighted by Crippen LogP contribution is -2.19. The second kappa shape index (κ2) is 5.80. The van der Waals surface area contributed by atoms with E-state index in [2.05, 4.69) is 34.9 Å². The van der Waals surface area contributed by atoms with Crippen LogP contribution in [0.3, 0.4) is 0 Å². The van der Waals surface area contributed by atoms with Crippen LogP contribution >= 0.6 is 11.8 Å². The van der Waals surface area contributed by atoms with Gasteiger partial charge in [0, 0.05) is 29.8 Å². The summed E-state index contributed by atoms with van der Waals surface area (Å²) in [4.78, 5) is 9.34. The van der Waals surface area contributed by atoms with E-state index in [-0.39, 0.29) is 0 Å². The Hall–Kier alpha value is -0.970. The maximum atomic E-state index is 4.70. The van der Waals surface area contributed by atoms with Crippen molar-refractivity contribution in [2.45, 2.75) is 49.7 Å². The summed E-state index contributed by atoms with van der Waals surface area (Å²) in [5.41, 5.74) is 0. The molecule has 2 N–H and O–H groups in total. The molecule has 4 nitrogen and oxygen atoms in total. The first-order valence-electron chi connectivity index (χ1n) is 7.66. The lowest BCUT2D eigenvalue weighted by atomic mass is 10.3. The van der Waals surface area contributed by atoms with Gasteiger partial charge >= 0.3 is 0 Å². The number of nitrogens with zero attached hydrogens (tertiary/aromatic N) is 2. The van der Waals surface area contributed by atoms with Crippen molar-refractivity contribution in [3.63, 3.8) is 0 Å². The molecule has 0 amide bonds. The van der Waals surface area contributed by atoms with Gasteiger partial charge in [-0.1, -0.05) is 6.92 Å². The highest BCUT2D eigenvalue weighted by molar-refractivity contribution is 8.00. The molecule has 0 aliphatic heterocycles. The van der Waals surface area contributed by atoms with Crippen molar-refractivity contribution in [1.29, 1.82) is 0 Å². The molecule has 0 unspecified atom stereocenters. The zero-order chi connectivity index (χ0) is 14.0. The Labute approximate surface area is 125 Å². The molecule has 20 heavy (non-hydrogen) atoms. The third-order valence-corrected chi connectivity index (χ3v) is 5.49. The number of anilines is 2. The van der Waals surface area contributed by atoms with Crippen molar-refractivity contribution in [2.75, 3.05) is 30.0 Å². The van der Waals surface area contributed by atoms with Crippen LogP contribution in [0.5, 0.6) is 0 Å². The predicted octanol–water partition coefficient (Wildman–Crippen LogP) is 3.48. The van der Waals surface area contributed by atoms with Crippen molar-refractivity contribution in [1.82, 2.24) is 9.97 Å². The molecule has 2 saturated carbocycles. The van der Waals surface area contributed by atoms with Crippen LogP contribution in [-0.4, -0.2) is 34.1 Å². The maximum absolute atomic E-state index is 4.70. The second-order valence-corrected chi connectivity index (χ2v) is 7.21. The standard InChI is InChI=1S/C15H24N4S/c1-3-8-16-12-9-13(17-10-15(20-2)6-7-15)19-14(18-12)11-4-5-11/h9,11H,3-8,10H2,1-2H3,(H2,16,17,18,19). The third kappa shape index (κ3) is 3.37. The highest BCUT2D eigenvalue weighted by Gasteiger charge is 2.41. The first-order valence-corrected chi connectivity index (χ1v) is 8.89. The minimum absolute atomic E-state index is 0.460. The van der Waals surface area contributed by atoms with Crippen molar-refractivity contribution in [3.8, 4) is 0 Å². The van der Waals surface area contributed by atoms with E-state index in [1.165, 1.54) is 25.7 Å². The average molecular weight is 292 g/mol. The Morgan fingerprint density at radius 2 is 1.95 bits per heavy atom. The van der Waals surface area contributed by atoms with Gasteiger partial charge in [-0.05, 0) is 38.4 Å². The fraction of sp³-hybridized carbons (Fsp3) is 0.733. The molecule has 0 bridgehead atoms. The number of nitrogens with one attached hydrogen (secondary N) is 2. The molecule has 0 saturated heterocycles. The largest absolute Gasteiger partial charge is 0.370 e. The molecule has 2 fully saturated rings. The minimum atomic E-state index is 0.460. The van der Waals surface area contributed by atoms with E-state index < -0.39 is 0 Å². The Kier molecular flexibility index (Phi) is 4.06. The Bertz CT molecular complexity index is 469. The molecule has 0 radical (unpaired) electrons. The van der Waals surface area contributed by atoms with Gasteiger partial charge in [0.1, 0.15) is 17.5 Å². The molecule has 5 heteroatoms. The van der Waals surface area contributed by atoms with E-state index in [1.807, 2.05) is 11.8 Å². The molecule has 1 aromatic heterocycles. The smallest absolute Gasteiger partial charge is 0.136 e. The van der Waals surface area contributed by atoms with Gasteiger partial charge in [-0.25, -0.2) is 9.97 Å². The Morgan fingerprint density at radius 1 is 1.25 bits per heavy atom. The summed E-state index contributed by atoms with van der Waals surface area (Å²) in [7, 11) is 0.